The average Bonchev–Trinajstić information content (AvgIpc) is 2.56. The monoisotopic (exact) mass is 359 g/mol. The number of nitrogens with zero attached hydrogens (tertiary/aromatic N) is 1. The summed E-state index contributed by atoms with van der Waals surface area (Å²) in [7, 11) is 0. The summed E-state index contributed by atoms with van der Waals surface area (Å²) < 4.78 is 0.229. The molecule has 5 nitrogen and oxygen atoms in total. The smallest absolute Gasteiger partial charge is 0.119 e. The van der Waals surface area contributed by atoms with Gasteiger partial charge in [-0.25, -0.2) is 0 Å². The van der Waals surface area contributed by atoms with E-state index < -0.39 is 5.97 Å². The van der Waals surface area contributed by atoms with Crippen LogP contribution >= 0.6 is 0 Å². The maximum absolute atomic E-state index is 11.0. The van der Waals surface area contributed by atoms with Crippen LogP contribution in [0, 0.1) is 0 Å². The van der Waals surface area contributed by atoms with Crippen molar-refractivity contribution in [1.29, 1.82) is 0 Å². The number of quaternary nitrogens is 1. The zero-order valence-electron chi connectivity index (χ0n) is 16.4. The Hall–Kier alpha value is -0.650. The number of aliphatic hydroxyl groups excluding tert-OH is 2. The number of carboxylic acid groups (broad SMARTS) is 1. The van der Waals surface area contributed by atoms with Crippen LogP contribution in [0.15, 0.2) is 0 Å². The number of carbonyl (C=O) groups is 1. The molecule has 0 unspecified atom stereocenters. The normalized spacial score (nSPS) is 11.8. The van der Waals surface area contributed by atoms with E-state index in [0.717, 1.165) is 12.8 Å². The van der Waals surface area contributed by atoms with E-state index >= 15 is 0 Å². The van der Waals surface area contributed by atoms with Crippen molar-refractivity contribution in [3.8, 4) is 0 Å². The van der Waals surface area contributed by atoms with Gasteiger partial charge >= 0.3 is 0 Å². The van der Waals surface area contributed by atoms with Crippen LogP contribution in [0.2, 0.25) is 0 Å². The number of hydrogen-bond acceptors (Lipinski definition) is 4. The van der Waals surface area contributed by atoms with E-state index in [1.807, 2.05) is 0 Å². The van der Waals surface area contributed by atoms with Crippen molar-refractivity contribution in [2.45, 2.75) is 84.0 Å². The standard InChI is InChI=1S/C20H41NO4/c1-2-3-4-5-6-7-8-9-10-11-12-13-14-21(15-17-22,16-18-23)19-20(24)25/h22-23H,2-19H2,1H3. The zero-order valence-corrected chi connectivity index (χ0v) is 16.4. The molecule has 0 saturated carbocycles. The summed E-state index contributed by atoms with van der Waals surface area (Å²) in [6.45, 7) is 3.41. The number of unbranched alkanes of at least 4 members (excludes halogenated alkanes) is 11. The molecule has 5 heteroatoms. The molecular weight excluding hydrogens is 318 g/mol. The average molecular weight is 360 g/mol. The molecule has 25 heavy (non-hydrogen) atoms. The lowest BCUT2D eigenvalue weighted by molar-refractivity contribution is -0.923. The van der Waals surface area contributed by atoms with E-state index in [4.69, 9.17) is 0 Å². The molecule has 0 aromatic carbocycles. The summed E-state index contributed by atoms with van der Waals surface area (Å²) in [6.07, 6.45) is 15.2. The Labute approximate surface area is 154 Å². The Morgan fingerprint density at radius 3 is 1.48 bits per heavy atom. The van der Waals surface area contributed by atoms with Crippen molar-refractivity contribution in [2.75, 3.05) is 39.4 Å². The number of aliphatic carboxylic acids is 1. The second kappa shape index (κ2) is 16.8. The van der Waals surface area contributed by atoms with Gasteiger partial charge in [0, 0.05) is 0 Å². The minimum Gasteiger partial charge on any atom is -0.544 e. The molecule has 2 N–H and O–H groups in total. The Morgan fingerprint density at radius 1 is 0.720 bits per heavy atom. The Morgan fingerprint density at radius 2 is 1.12 bits per heavy atom. The molecule has 0 aromatic heterocycles. The highest BCUT2D eigenvalue weighted by Crippen LogP contribution is 2.14. The van der Waals surface area contributed by atoms with Crippen LogP contribution in [0.5, 0.6) is 0 Å². The molecule has 150 valence electrons. The van der Waals surface area contributed by atoms with Gasteiger partial charge in [-0.3, -0.25) is 0 Å². The maximum Gasteiger partial charge on any atom is 0.119 e. The molecule has 0 aliphatic rings. The van der Waals surface area contributed by atoms with Gasteiger partial charge in [-0.2, -0.15) is 0 Å². The van der Waals surface area contributed by atoms with Gasteiger partial charge in [0.25, 0.3) is 0 Å². The summed E-state index contributed by atoms with van der Waals surface area (Å²) >= 11 is 0. The van der Waals surface area contributed by atoms with Gasteiger partial charge < -0.3 is 24.6 Å². The van der Waals surface area contributed by atoms with Crippen molar-refractivity contribution in [2.24, 2.45) is 0 Å². The van der Waals surface area contributed by atoms with Crippen LogP contribution in [0.25, 0.3) is 0 Å². The molecule has 0 fully saturated rings. The van der Waals surface area contributed by atoms with Gasteiger partial charge in [0.05, 0.1) is 25.7 Å². The first-order valence-corrected chi connectivity index (χ1v) is 10.4. The van der Waals surface area contributed by atoms with Gasteiger partial charge in [-0.05, 0) is 12.8 Å². The predicted octanol–water partition coefficient (Wildman–Crippen LogP) is 2.24. The molecule has 0 radical (unpaired) electrons. The van der Waals surface area contributed by atoms with E-state index in [-0.39, 0.29) is 24.2 Å². The van der Waals surface area contributed by atoms with Crippen molar-refractivity contribution in [3.05, 3.63) is 0 Å². The minimum absolute atomic E-state index is 0.0640. The zero-order chi connectivity index (χ0) is 18.8. The van der Waals surface area contributed by atoms with Gasteiger partial charge in [0.1, 0.15) is 19.6 Å². The Bertz CT molecular complexity index is 304. The van der Waals surface area contributed by atoms with Crippen LogP contribution in [0.4, 0.5) is 0 Å². The first kappa shape index (κ1) is 24.4. The molecule has 0 rings (SSSR count). The summed E-state index contributed by atoms with van der Waals surface area (Å²) in [4.78, 5) is 11.0. The first-order chi connectivity index (χ1) is 12.1. The van der Waals surface area contributed by atoms with Crippen LogP contribution in [-0.2, 0) is 4.79 Å². The van der Waals surface area contributed by atoms with E-state index in [9.17, 15) is 20.1 Å². The number of rotatable bonds is 19. The largest absolute Gasteiger partial charge is 0.544 e. The third kappa shape index (κ3) is 14.2. The summed E-state index contributed by atoms with van der Waals surface area (Å²) in [5, 5.41) is 29.4. The Kier molecular flexibility index (Phi) is 16.4. The molecule has 0 aliphatic carbocycles. The van der Waals surface area contributed by atoms with Crippen molar-refractivity contribution < 1.29 is 24.6 Å². The lowest BCUT2D eigenvalue weighted by Crippen LogP contribution is -2.57. The highest BCUT2D eigenvalue weighted by Gasteiger charge is 2.26. The maximum atomic E-state index is 11.0. The Balaban J connectivity index is 3.75. The summed E-state index contributed by atoms with van der Waals surface area (Å²) in [5.41, 5.74) is 0. The van der Waals surface area contributed by atoms with E-state index in [1.165, 1.54) is 64.2 Å². The van der Waals surface area contributed by atoms with Crippen LogP contribution in [0.3, 0.4) is 0 Å². The third-order valence-corrected chi connectivity index (χ3v) is 5.10. The van der Waals surface area contributed by atoms with Gasteiger partial charge in [0.15, 0.2) is 0 Å². The fourth-order valence-corrected chi connectivity index (χ4v) is 3.56. The first-order valence-electron chi connectivity index (χ1n) is 10.4. The highest BCUT2D eigenvalue weighted by molar-refractivity contribution is 5.65. The predicted molar refractivity (Wildman–Crippen MR) is 100.0 cm³/mol. The van der Waals surface area contributed by atoms with Crippen LogP contribution in [-0.4, -0.2) is 60.1 Å². The third-order valence-electron chi connectivity index (χ3n) is 5.10. The lowest BCUT2D eigenvalue weighted by Gasteiger charge is -2.38. The second-order valence-electron chi connectivity index (χ2n) is 7.38. The molecule has 0 atom stereocenters. The number of carboxylic acids is 1. The summed E-state index contributed by atoms with van der Waals surface area (Å²) in [6, 6.07) is 0. The van der Waals surface area contributed by atoms with Gasteiger partial charge in [-0.15, -0.1) is 0 Å². The van der Waals surface area contributed by atoms with Crippen LogP contribution in [0.1, 0.15) is 84.0 Å². The van der Waals surface area contributed by atoms with Crippen LogP contribution < -0.4 is 5.11 Å². The fourth-order valence-electron chi connectivity index (χ4n) is 3.56. The molecular formula is C20H41NO4. The fraction of sp³-hybridized carbons (Fsp3) is 0.950. The minimum atomic E-state index is -1.11. The summed E-state index contributed by atoms with van der Waals surface area (Å²) in [5.74, 6) is -1.11. The van der Waals surface area contributed by atoms with E-state index in [2.05, 4.69) is 6.92 Å². The number of aliphatic hydroxyl groups is 2. The van der Waals surface area contributed by atoms with Gasteiger partial charge in [-0.1, -0.05) is 71.1 Å². The molecule has 0 aromatic rings. The molecule has 0 saturated heterocycles. The van der Waals surface area contributed by atoms with Crippen molar-refractivity contribution in [3.63, 3.8) is 0 Å². The van der Waals surface area contributed by atoms with E-state index in [0.29, 0.717) is 19.6 Å². The van der Waals surface area contributed by atoms with E-state index in [1.54, 1.807) is 0 Å². The lowest BCUT2D eigenvalue weighted by atomic mass is 10.0. The molecule has 0 spiro atoms. The molecule has 0 aliphatic heterocycles. The topological polar surface area (TPSA) is 80.6 Å². The second-order valence-corrected chi connectivity index (χ2v) is 7.38. The number of hydrogen-bond donors (Lipinski definition) is 2. The highest BCUT2D eigenvalue weighted by atomic mass is 16.4. The molecule has 0 heterocycles. The quantitative estimate of drug-likeness (QED) is 0.274. The SMILES string of the molecule is CCCCCCCCCCCCCC[N+](CCO)(CCO)CC(=O)[O-]. The number of carbonyl (C=O) groups excluding carboxylic acids is 1. The van der Waals surface area contributed by atoms with Gasteiger partial charge in [0.2, 0.25) is 0 Å². The molecule has 0 bridgehead atoms. The van der Waals surface area contributed by atoms with Crippen molar-refractivity contribution in [1.82, 2.24) is 0 Å². The van der Waals surface area contributed by atoms with Crippen molar-refractivity contribution >= 4 is 5.97 Å². The molecule has 0 amide bonds.